The van der Waals surface area contributed by atoms with Crippen LogP contribution in [-0.2, 0) is 9.59 Å². The van der Waals surface area contributed by atoms with Gasteiger partial charge in [0, 0.05) is 23.4 Å². The number of fused-ring (bicyclic) bond motifs is 5. The molecule has 3 heterocycles. The molecular weight excluding hydrogens is 374 g/mol. The van der Waals surface area contributed by atoms with Gasteiger partial charge in [0.15, 0.2) is 5.78 Å². The summed E-state index contributed by atoms with van der Waals surface area (Å²) in [7, 11) is 0. The van der Waals surface area contributed by atoms with Crippen molar-refractivity contribution in [1.29, 1.82) is 0 Å². The fourth-order valence-electron chi connectivity index (χ4n) is 4.67. The van der Waals surface area contributed by atoms with Gasteiger partial charge < -0.3 is 4.90 Å². The van der Waals surface area contributed by atoms with Gasteiger partial charge in [0.05, 0.1) is 22.8 Å². The molecule has 3 aliphatic heterocycles. The summed E-state index contributed by atoms with van der Waals surface area (Å²) in [6, 6.07) is 11.5. The van der Waals surface area contributed by atoms with E-state index >= 15 is 0 Å². The average molecular weight is 389 g/mol. The van der Waals surface area contributed by atoms with Gasteiger partial charge in [0.25, 0.3) is 5.69 Å². The van der Waals surface area contributed by atoms with Crippen molar-refractivity contribution < 1.29 is 19.3 Å². The number of nitrogens with one attached hydrogen (secondary N) is 1. The number of benzene rings is 2. The minimum absolute atomic E-state index is 0.141. The second-order valence-electron chi connectivity index (χ2n) is 7.34. The molecule has 0 radical (unpaired) electrons. The molecule has 2 fully saturated rings. The monoisotopic (exact) mass is 389 g/mol. The molecule has 144 valence electrons. The maximum absolute atomic E-state index is 13.5. The normalized spacial score (nSPS) is 26.6. The molecule has 5 rings (SSSR count). The third-order valence-corrected chi connectivity index (χ3v) is 5.87. The number of nitrogens with zero attached hydrogens (tertiary/aromatic N) is 2. The highest BCUT2D eigenvalue weighted by atomic mass is 16.6. The quantitative estimate of drug-likeness (QED) is 0.372. The topological polar surface area (TPSA) is 110 Å². The Morgan fingerprint density at radius 2 is 1.79 bits per heavy atom. The molecule has 1 N–H and O–H groups in total. The van der Waals surface area contributed by atoms with Crippen LogP contribution in [-0.4, -0.2) is 34.6 Å². The fourth-order valence-corrected chi connectivity index (χ4v) is 4.67. The first-order chi connectivity index (χ1) is 14.0. The number of Topliss-reactive ketones (excluding diaryl/α,β-unsaturated/α-hetero) is 1. The zero-order chi connectivity index (χ0) is 20.3. The molecule has 0 aliphatic carbocycles. The summed E-state index contributed by atoms with van der Waals surface area (Å²) in [6.45, 7) is 0. The van der Waals surface area contributed by atoms with Crippen molar-refractivity contribution >= 4 is 35.0 Å². The van der Waals surface area contributed by atoms with Crippen LogP contribution in [0, 0.1) is 22.0 Å². The molecule has 0 spiro atoms. The van der Waals surface area contributed by atoms with E-state index in [4.69, 9.17) is 0 Å². The number of para-hydroxylation sites is 1. The van der Waals surface area contributed by atoms with Crippen molar-refractivity contribution in [2.24, 2.45) is 11.8 Å². The zero-order valence-electron chi connectivity index (χ0n) is 15.0. The molecule has 8 nitrogen and oxygen atoms in total. The van der Waals surface area contributed by atoms with E-state index in [2.05, 4.69) is 5.32 Å². The van der Waals surface area contributed by atoms with Gasteiger partial charge in [0.2, 0.25) is 11.8 Å². The third kappa shape index (κ3) is 2.42. The number of nitro groups is 1. The summed E-state index contributed by atoms with van der Waals surface area (Å²) >= 11 is 0. The second-order valence-corrected chi connectivity index (χ2v) is 7.34. The Labute approximate surface area is 165 Å². The van der Waals surface area contributed by atoms with E-state index in [-0.39, 0.29) is 11.3 Å². The van der Waals surface area contributed by atoms with Gasteiger partial charge in [-0.15, -0.1) is 0 Å². The largest absolute Gasteiger partial charge is 0.352 e. The molecule has 0 saturated carbocycles. The highest BCUT2D eigenvalue weighted by Gasteiger charge is 2.61. The first-order valence-electron chi connectivity index (χ1n) is 9.16. The van der Waals surface area contributed by atoms with Crippen molar-refractivity contribution in [1.82, 2.24) is 5.32 Å². The van der Waals surface area contributed by atoms with E-state index in [1.807, 2.05) is 41.3 Å². The van der Waals surface area contributed by atoms with Crippen molar-refractivity contribution in [2.75, 3.05) is 4.90 Å². The van der Waals surface area contributed by atoms with E-state index in [0.717, 1.165) is 11.3 Å². The molecule has 0 unspecified atom stereocenters. The summed E-state index contributed by atoms with van der Waals surface area (Å²) in [6.07, 6.45) is 3.74. The smallest absolute Gasteiger partial charge is 0.270 e. The Morgan fingerprint density at radius 3 is 2.59 bits per heavy atom. The number of rotatable bonds is 3. The number of nitro benzene ring substituents is 1. The molecule has 2 saturated heterocycles. The van der Waals surface area contributed by atoms with Crippen molar-refractivity contribution in [3.8, 4) is 0 Å². The lowest BCUT2D eigenvalue weighted by molar-refractivity contribution is -0.384. The van der Waals surface area contributed by atoms with Gasteiger partial charge >= 0.3 is 0 Å². The Kier molecular flexibility index (Phi) is 3.64. The highest BCUT2D eigenvalue weighted by molar-refractivity contribution is 6.14. The molecule has 2 aromatic carbocycles. The number of amides is 2. The van der Waals surface area contributed by atoms with Crippen LogP contribution in [0.3, 0.4) is 0 Å². The summed E-state index contributed by atoms with van der Waals surface area (Å²) < 4.78 is 0. The SMILES string of the molecule is O=C1NC(=O)[C@@H]2[C@@H]1[C@@H](C(=O)c1cccc([N+](=O)[O-])c1)N1c3ccccc3C=C[C@@H]21. The number of imide groups is 1. The molecule has 4 atom stereocenters. The van der Waals surface area contributed by atoms with Crippen molar-refractivity contribution in [2.45, 2.75) is 12.1 Å². The lowest BCUT2D eigenvalue weighted by Gasteiger charge is -2.35. The summed E-state index contributed by atoms with van der Waals surface area (Å²) in [5.74, 6) is -2.83. The summed E-state index contributed by atoms with van der Waals surface area (Å²) in [4.78, 5) is 51.0. The van der Waals surface area contributed by atoms with Crippen LogP contribution < -0.4 is 10.2 Å². The first-order valence-corrected chi connectivity index (χ1v) is 9.16. The lowest BCUT2D eigenvalue weighted by Crippen LogP contribution is -2.47. The van der Waals surface area contributed by atoms with E-state index in [1.165, 1.54) is 24.3 Å². The predicted molar refractivity (Wildman–Crippen MR) is 103 cm³/mol. The van der Waals surface area contributed by atoms with Crippen LogP contribution in [0.2, 0.25) is 0 Å². The second kappa shape index (κ2) is 6.10. The number of carbonyl (C=O) groups is 3. The maximum atomic E-state index is 13.5. The van der Waals surface area contributed by atoms with Crippen molar-refractivity contribution in [3.63, 3.8) is 0 Å². The van der Waals surface area contributed by atoms with Gasteiger partial charge in [-0.25, -0.2) is 0 Å². The number of hydrogen-bond acceptors (Lipinski definition) is 6. The van der Waals surface area contributed by atoms with E-state index in [1.54, 1.807) is 0 Å². The first kappa shape index (κ1) is 17.3. The Morgan fingerprint density at radius 1 is 1.03 bits per heavy atom. The van der Waals surface area contributed by atoms with Gasteiger partial charge in [-0.2, -0.15) is 0 Å². The number of anilines is 1. The third-order valence-electron chi connectivity index (χ3n) is 5.87. The number of ketones is 1. The number of non-ortho nitro benzene ring substituents is 1. The molecule has 0 bridgehead atoms. The minimum Gasteiger partial charge on any atom is -0.352 e. The molecule has 8 heteroatoms. The van der Waals surface area contributed by atoms with E-state index in [9.17, 15) is 24.5 Å². The van der Waals surface area contributed by atoms with Crippen LogP contribution in [0.25, 0.3) is 6.08 Å². The predicted octanol–water partition coefficient (Wildman–Crippen LogP) is 1.95. The van der Waals surface area contributed by atoms with Gasteiger partial charge in [0.1, 0.15) is 6.04 Å². The Hall–Kier alpha value is -3.81. The summed E-state index contributed by atoms with van der Waals surface area (Å²) in [5, 5.41) is 13.5. The van der Waals surface area contributed by atoms with Crippen LogP contribution in [0.4, 0.5) is 11.4 Å². The molecular formula is C21H15N3O5. The van der Waals surface area contributed by atoms with Crippen molar-refractivity contribution in [3.05, 3.63) is 75.8 Å². The molecule has 0 aromatic heterocycles. The molecule has 3 aliphatic rings. The summed E-state index contributed by atoms with van der Waals surface area (Å²) in [5.41, 5.74) is 1.59. The standard InChI is InChI=1S/C21H15N3O5/c25-19(12-5-3-6-13(10-12)24(28)29)18-17-16(20(26)22-21(17)27)15-9-8-11-4-1-2-7-14(11)23(15)18/h1-10,15-18H,(H,22,26,27)/t15-,16-,17+,18-/m0/s1. The van der Waals surface area contributed by atoms with Crippen LogP contribution in [0.5, 0.6) is 0 Å². The average Bonchev–Trinajstić information content (AvgIpc) is 3.23. The minimum atomic E-state index is -0.926. The molecule has 2 aromatic rings. The van der Waals surface area contributed by atoms with Gasteiger partial charge in [-0.3, -0.25) is 29.8 Å². The number of hydrogen-bond donors (Lipinski definition) is 1. The van der Waals surface area contributed by atoms with Crippen LogP contribution >= 0.6 is 0 Å². The van der Waals surface area contributed by atoms with Gasteiger partial charge in [-0.1, -0.05) is 42.5 Å². The Balaban J connectivity index is 1.65. The highest BCUT2D eigenvalue weighted by Crippen LogP contribution is 2.47. The molecule has 2 amide bonds. The zero-order valence-corrected chi connectivity index (χ0v) is 15.0. The maximum Gasteiger partial charge on any atom is 0.270 e. The lowest BCUT2D eigenvalue weighted by atomic mass is 9.86. The van der Waals surface area contributed by atoms with E-state index in [0.29, 0.717) is 0 Å². The fraction of sp³-hybridized carbons (Fsp3) is 0.190. The van der Waals surface area contributed by atoms with Gasteiger partial charge in [-0.05, 0) is 11.6 Å². The Bertz CT molecular complexity index is 1120. The van der Waals surface area contributed by atoms with Crippen LogP contribution in [0.15, 0.2) is 54.6 Å². The number of carbonyl (C=O) groups excluding carboxylic acids is 3. The molecule has 29 heavy (non-hydrogen) atoms. The van der Waals surface area contributed by atoms with E-state index < -0.39 is 46.4 Å². The van der Waals surface area contributed by atoms with Crippen LogP contribution in [0.1, 0.15) is 15.9 Å².